The van der Waals surface area contributed by atoms with Gasteiger partial charge >= 0.3 is 12.1 Å². The van der Waals surface area contributed by atoms with Gasteiger partial charge in [-0.2, -0.15) is 13.2 Å². The van der Waals surface area contributed by atoms with E-state index in [1.807, 2.05) is 30.3 Å². The summed E-state index contributed by atoms with van der Waals surface area (Å²) in [6, 6.07) is 14.1. The largest absolute Gasteiger partial charge is 0.488 e. The van der Waals surface area contributed by atoms with E-state index in [1.54, 1.807) is 17.0 Å². The second kappa shape index (κ2) is 8.65. The van der Waals surface area contributed by atoms with Crippen LogP contribution in [0.3, 0.4) is 0 Å². The third-order valence-electron chi connectivity index (χ3n) is 4.89. The molecule has 0 radical (unpaired) electrons. The van der Waals surface area contributed by atoms with Crippen molar-refractivity contribution in [3.63, 3.8) is 0 Å². The molecular formula is C21H22F3NO3. The Labute approximate surface area is 161 Å². The summed E-state index contributed by atoms with van der Waals surface area (Å²) in [4.78, 5) is 13.3. The Hall–Kier alpha value is -2.54. The average molecular weight is 393 g/mol. The van der Waals surface area contributed by atoms with E-state index in [1.165, 1.54) is 6.07 Å². The highest BCUT2D eigenvalue weighted by Crippen LogP contribution is 2.33. The molecule has 0 bridgehead atoms. The number of hydrogen-bond donors (Lipinski definition) is 1. The number of piperidine rings is 1. The first kappa shape index (κ1) is 20.2. The molecule has 0 aliphatic carbocycles. The topological polar surface area (TPSA) is 49.8 Å². The van der Waals surface area contributed by atoms with E-state index in [9.17, 15) is 23.1 Å². The number of halogens is 3. The van der Waals surface area contributed by atoms with Crippen LogP contribution >= 0.6 is 0 Å². The van der Waals surface area contributed by atoms with Crippen LogP contribution in [0, 0.1) is 5.92 Å². The highest BCUT2D eigenvalue weighted by molar-refractivity contribution is 5.91. The van der Waals surface area contributed by atoms with Crippen molar-refractivity contribution in [2.24, 2.45) is 5.92 Å². The van der Waals surface area contributed by atoms with Crippen LogP contribution in [0.2, 0.25) is 0 Å². The maximum atomic E-state index is 13.0. The molecule has 1 atom stereocenters. The highest BCUT2D eigenvalue weighted by atomic mass is 19.4. The minimum atomic E-state index is -4.19. The van der Waals surface area contributed by atoms with E-state index in [4.69, 9.17) is 4.74 Å². The Morgan fingerprint density at radius 2 is 1.89 bits per heavy atom. The van der Waals surface area contributed by atoms with Gasteiger partial charge in [-0.05, 0) is 42.6 Å². The number of hydrogen-bond acceptors (Lipinski definition) is 3. The first-order valence-corrected chi connectivity index (χ1v) is 9.15. The number of likely N-dealkylation sites (tertiary alicyclic amines) is 1. The van der Waals surface area contributed by atoms with Crippen LogP contribution in [0.25, 0.3) is 0 Å². The third-order valence-corrected chi connectivity index (χ3v) is 4.89. The molecule has 7 heteroatoms. The summed E-state index contributed by atoms with van der Waals surface area (Å²) in [6.45, 7) is 1.03. The molecule has 1 fully saturated rings. The summed E-state index contributed by atoms with van der Waals surface area (Å²) in [6.07, 6.45) is -3.57. The summed E-state index contributed by atoms with van der Waals surface area (Å²) < 4.78 is 44.6. The van der Waals surface area contributed by atoms with Gasteiger partial charge in [-0.15, -0.1) is 0 Å². The van der Waals surface area contributed by atoms with Crippen molar-refractivity contribution in [1.82, 2.24) is 4.90 Å². The van der Waals surface area contributed by atoms with Crippen molar-refractivity contribution in [3.05, 3.63) is 65.2 Å². The molecule has 150 valence electrons. The van der Waals surface area contributed by atoms with Crippen LogP contribution in [0.15, 0.2) is 48.5 Å². The van der Waals surface area contributed by atoms with Crippen LogP contribution < -0.4 is 4.74 Å². The predicted molar refractivity (Wildman–Crippen MR) is 98.2 cm³/mol. The minimum Gasteiger partial charge on any atom is -0.488 e. The lowest BCUT2D eigenvalue weighted by atomic mass is 9.97. The van der Waals surface area contributed by atoms with Gasteiger partial charge in [-0.1, -0.05) is 36.4 Å². The molecule has 1 unspecified atom stereocenters. The lowest BCUT2D eigenvalue weighted by molar-refractivity contribution is -0.187. The van der Waals surface area contributed by atoms with Gasteiger partial charge < -0.3 is 9.84 Å². The van der Waals surface area contributed by atoms with E-state index in [0.717, 1.165) is 5.56 Å². The zero-order chi connectivity index (χ0) is 20.1. The second-order valence-corrected chi connectivity index (χ2v) is 7.03. The Morgan fingerprint density at radius 1 is 1.14 bits per heavy atom. The van der Waals surface area contributed by atoms with Gasteiger partial charge in [0.2, 0.25) is 0 Å². The fourth-order valence-corrected chi connectivity index (χ4v) is 3.43. The molecule has 1 saturated heterocycles. The number of ether oxygens (including phenoxy) is 1. The van der Waals surface area contributed by atoms with Gasteiger partial charge in [-0.3, -0.25) is 4.90 Å². The normalized spacial score (nSPS) is 18.0. The number of alkyl halides is 3. The smallest absolute Gasteiger partial charge is 0.393 e. The molecule has 0 spiro atoms. The zero-order valence-electron chi connectivity index (χ0n) is 15.3. The first-order valence-electron chi connectivity index (χ1n) is 9.15. The van der Waals surface area contributed by atoms with Crippen LogP contribution in [-0.2, 0) is 13.2 Å². The molecule has 2 aromatic rings. The third kappa shape index (κ3) is 5.25. The second-order valence-electron chi connectivity index (χ2n) is 7.03. The fourth-order valence-electron chi connectivity index (χ4n) is 3.43. The molecule has 0 saturated carbocycles. The van der Waals surface area contributed by atoms with E-state index in [-0.39, 0.29) is 37.4 Å². The van der Waals surface area contributed by atoms with Crippen molar-refractivity contribution in [2.45, 2.75) is 32.2 Å². The maximum Gasteiger partial charge on any atom is 0.393 e. The zero-order valence-corrected chi connectivity index (χ0v) is 15.3. The lowest BCUT2D eigenvalue weighted by Gasteiger charge is -2.33. The first-order chi connectivity index (χ1) is 13.3. The van der Waals surface area contributed by atoms with Crippen molar-refractivity contribution < 1.29 is 27.8 Å². The van der Waals surface area contributed by atoms with Gasteiger partial charge in [-0.25, -0.2) is 4.79 Å². The number of benzene rings is 2. The van der Waals surface area contributed by atoms with Crippen molar-refractivity contribution >= 4 is 5.97 Å². The molecule has 1 heterocycles. The lowest BCUT2D eigenvalue weighted by Crippen LogP contribution is -2.41. The molecule has 1 aliphatic rings. The van der Waals surface area contributed by atoms with Crippen LogP contribution in [0.5, 0.6) is 5.75 Å². The molecule has 2 aromatic carbocycles. The Morgan fingerprint density at radius 3 is 2.57 bits per heavy atom. The number of carboxylic acids is 1. The van der Waals surface area contributed by atoms with E-state index >= 15 is 0 Å². The van der Waals surface area contributed by atoms with Gasteiger partial charge in [0.15, 0.2) is 0 Å². The number of carbonyl (C=O) groups is 1. The fraction of sp³-hybridized carbons (Fsp3) is 0.381. The number of carboxylic acid groups (broad SMARTS) is 1. The number of rotatable bonds is 6. The summed E-state index contributed by atoms with van der Waals surface area (Å²) >= 11 is 0. The minimum absolute atomic E-state index is 0.0119. The van der Waals surface area contributed by atoms with Gasteiger partial charge in [0.05, 0.1) is 5.92 Å². The summed E-state index contributed by atoms with van der Waals surface area (Å²) in [5, 5.41) is 9.50. The molecule has 3 rings (SSSR count). The van der Waals surface area contributed by atoms with Crippen LogP contribution in [-0.4, -0.2) is 35.2 Å². The summed E-state index contributed by atoms with van der Waals surface area (Å²) in [5.74, 6) is -2.21. The molecule has 4 nitrogen and oxygen atoms in total. The van der Waals surface area contributed by atoms with Crippen molar-refractivity contribution in [3.8, 4) is 5.75 Å². The molecule has 0 amide bonds. The summed E-state index contributed by atoms with van der Waals surface area (Å²) in [7, 11) is 0. The maximum absolute atomic E-state index is 13.0. The molecule has 0 aromatic heterocycles. The SMILES string of the molecule is O=C(O)c1cc(CN2CCCC(C(F)(F)F)C2)ccc1OCc1ccccc1. The number of aromatic carboxylic acids is 1. The van der Waals surface area contributed by atoms with Gasteiger partial charge in [0.25, 0.3) is 0 Å². The predicted octanol–water partition coefficient (Wildman–Crippen LogP) is 4.74. The Kier molecular flexibility index (Phi) is 6.24. The average Bonchev–Trinajstić information content (AvgIpc) is 2.67. The van der Waals surface area contributed by atoms with Gasteiger partial charge in [0.1, 0.15) is 17.9 Å². The standard InChI is InChI=1S/C21H22F3NO3/c22-21(23,24)17-7-4-10-25(13-17)12-16-8-9-19(18(11-16)20(26)27)28-14-15-5-2-1-3-6-15/h1-3,5-6,8-9,11,17H,4,7,10,12-14H2,(H,26,27). The highest BCUT2D eigenvalue weighted by Gasteiger charge is 2.41. The monoisotopic (exact) mass is 393 g/mol. The molecule has 1 aliphatic heterocycles. The molecule has 1 N–H and O–H groups in total. The quantitative estimate of drug-likeness (QED) is 0.770. The van der Waals surface area contributed by atoms with Crippen molar-refractivity contribution in [1.29, 1.82) is 0 Å². The van der Waals surface area contributed by atoms with E-state index < -0.39 is 18.1 Å². The number of nitrogens with zero attached hydrogens (tertiary/aromatic N) is 1. The van der Waals surface area contributed by atoms with Crippen LogP contribution in [0.1, 0.15) is 34.3 Å². The van der Waals surface area contributed by atoms with E-state index in [0.29, 0.717) is 18.5 Å². The Balaban J connectivity index is 1.69. The summed E-state index contributed by atoms with van der Waals surface area (Å²) in [5.41, 5.74) is 1.58. The van der Waals surface area contributed by atoms with Crippen molar-refractivity contribution in [2.75, 3.05) is 13.1 Å². The van der Waals surface area contributed by atoms with Crippen LogP contribution in [0.4, 0.5) is 13.2 Å². The Bertz CT molecular complexity index is 808. The van der Waals surface area contributed by atoms with Gasteiger partial charge in [0, 0.05) is 13.1 Å². The van der Waals surface area contributed by atoms with E-state index in [2.05, 4.69) is 0 Å². The molecule has 28 heavy (non-hydrogen) atoms. The molecular weight excluding hydrogens is 371 g/mol.